The molecule has 0 aliphatic heterocycles. The van der Waals surface area contributed by atoms with Crippen LogP contribution < -0.4 is 10.6 Å². The van der Waals surface area contributed by atoms with Gasteiger partial charge >= 0.3 is 6.03 Å². The number of thiophene rings is 1. The highest BCUT2D eigenvalue weighted by Crippen LogP contribution is 2.29. The third kappa shape index (κ3) is 4.51. The number of carbonyl (C=O) groups excluding carboxylic acids is 1. The number of hydrogen-bond acceptors (Lipinski definition) is 5. The normalized spacial score (nSPS) is 19.6. The Bertz CT molecular complexity index is 855. The van der Waals surface area contributed by atoms with Crippen LogP contribution in [0.2, 0.25) is 0 Å². The number of nitrogens with zero attached hydrogens (tertiary/aromatic N) is 4. The molecule has 8 heteroatoms. The fourth-order valence-electron chi connectivity index (χ4n) is 3.43. The number of aromatic nitrogens is 4. The summed E-state index contributed by atoms with van der Waals surface area (Å²) in [7, 11) is 0. The van der Waals surface area contributed by atoms with Crippen LogP contribution in [0.25, 0.3) is 11.3 Å². The molecule has 27 heavy (non-hydrogen) atoms. The highest BCUT2D eigenvalue weighted by Gasteiger charge is 2.24. The van der Waals surface area contributed by atoms with Crippen molar-refractivity contribution in [3.05, 3.63) is 53.4 Å². The van der Waals surface area contributed by atoms with E-state index in [9.17, 15) is 4.79 Å². The molecule has 2 N–H and O–H groups in total. The van der Waals surface area contributed by atoms with Crippen LogP contribution in [0.1, 0.15) is 36.6 Å². The summed E-state index contributed by atoms with van der Waals surface area (Å²) >= 11 is 1.65. The van der Waals surface area contributed by atoms with Gasteiger partial charge in [-0.25, -0.2) is 14.8 Å². The first kappa shape index (κ1) is 17.7. The highest BCUT2D eigenvalue weighted by molar-refractivity contribution is 7.09. The van der Waals surface area contributed by atoms with Crippen molar-refractivity contribution >= 4 is 17.4 Å². The zero-order chi connectivity index (χ0) is 18.5. The van der Waals surface area contributed by atoms with E-state index in [-0.39, 0.29) is 12.1 Å². The fraction of sp³-hybridized carbons (Fsp3) is 0.368. The summed E-state index contributed by atoms with van der Waals surface area (Å²) in [5.41, 5.74) is 1.89. The average Bonchev–Trinajstić information content (AvgIpc) is 3.40. The minimum absolute atomic E-state index is 0.0861. The minimum Gasteiger partial charge on any atom is -0.335 e. The average molecular weight is 382 g/mol. The number of carbonyl (C=O) groups is 1. The lowest BCUT2D eigenvalue weighted by molar-refractivity contribution is 0.225. The van der Waals surface area contributed by atoms with E-state index in [2.05, 4.69) is 31.9 Å². The molecule has 7 nitrogen and oxygen atoms in total. The van der Waals surface area contributed by atoms with Crippen LogP contribution in [-0.4, -0.2) is 31.8 Å². The van der Waals surface area contributed by atoms with Gasteiger partial charge in [-0.1, -0.05) is 6.07 Å². The smallest absolute Gasteiger partial charge is 0.315 e. The van der Waals surface area contributed by atoms with Crippen molar-refractivity contribution < 1.29 is 4.79 Å². The van der Waals surface area contributed by atoms with Crippen molar-refractivity contribution in [2.24, 2.45) is 0 Å². The Morgan fingerprint density at radius 3 is 2.89 bits per heavy atom. The third-order valence-electron chi connectivity index (χ3n) is 4.89. The molecule has 0 unspecified atom stereocenters. The molecule has 0 saturated heterocycles. The predicted octanol–water partition coefficient (Wildman–Crippen LogP) is 3.38. The fourth-order valence-corrected chi connectivity index (χ4v) is 4.08. The van der Waals surface area contributed by atoms with Crippen molar-refractivity contribution in [1.82, 2.24) is 30.4 Å². The molecule has 0 bridgehead atoms. The van der Waals surface area contributed by atoms with E-state index < -0.39 is 0 Å². The lowest BCUT2D eigenvalue weighted by Gasteiger charge is -2.29. The van der Waals surface area contributed by atoms with Gasteiger partial charge in [0.2, 0.25) is 0 Å². The molecule has 3 heterocycles. The van der Waals surface area contributed by atoms with Crippen LogP contribution in [0.15, 0.2) is 48.5 Å². The Kier molecular flexibility index (Phi) is 5.43. The second-order valence-electron chi connectivity index (χ2n) is 6.72. The first-order chi connectivity index (χ1) is 13.3. The van der Waals surface area contributed by atoms with Gasteiger partial charge in [0.15, 0.2) is 0 Å². The summed E-state index contributed by atoms with van der Waals surface area (Å²) in [6.45, 7) is 0.581. The van der Waals surface area contributed by atoms with Gasteiger partial charge in [-0.15, -0.1) is 11.3 Å². The van der Waals surface area contributed by atoms with E-state index in [1.54, 1.807) is 23.9 Å². The quantitative estimate of drug-likeness (QED) is 0.708. The van der Waals surface area contributed by atoms with Crippen molar-refractivity contribution in [2.45, 2.75) is 44.3 Å². The first-order valence-corrected chi connectivity index (χ1v) is 10.0. The lowest BCUT2D eigenvalue weighted by atomic mass is 9.91. The number of urea groups is 1. The van der Waals surface area contributed by atoms with Crippen LogP contribution in [0.4, 0.5) is 4.79 Å². The molecule has 1 saturated carbocycles. The van der Waals surface area contributed by atoms with Crippen molar-refractivity contribution in [1.29, 1.82) is 0 Å². The summed E-state index contributed by atoms with van der Waals surface area (Å²) in [6.07, 6.45) is 11.1. The Balaban J connectivity index is 1.25. The van der Waals surface area contributed by atoms with Crippen molar-refractivity contribution in [3.8, 4) is 11.3 Å². The SMILES string of the molecule is O=C(NCc1cccs1)NC1CCC(n2cc(-c3ccncn3)cn2)CC1. The summed E-state index contributed by atoms with van der Waals surface area (Å²) in [6, 6.07) is 6.41. The van der Waals surface area contributed by atoms with Crippen LogP contribution >= 0.6 is 11.3 Å². The molecular formula is C19H22N6OS. The Labute approximate surface area is 161 Å². The van der Waals surface area contributed by atoms with Gasteiger partial charge < -0.3 is 10.6 Å². The molecule has 2 amide bonds. The van der Waals surface area contributed by atoms with E-state index in [0.717, 1.165) is 41.8 Å². The topological polar surface area (TPSA) is 84.7 Å². The Morgan fingerprint density at radius 2 is 2.15 bits per heavy atom. The maximum atomic E-state index is 12.1. The summed E-state index contributed by atoms with van der Waals surface area (Å²) in [5.74, 6) is 0. The molecule has 0 aromatic carbocycles. The van der Waals surface area contributed by atoms with Gasteiger partial charge in [-0.2, -0.15) is 5.10 Å². The molecule has 0 atom stereocenters. The van der Waals surface area contributed by atoms with Crippen LogP contribution in [0.3, 0.4) is 0 Å². The third-order valence-corrected chi connectivity index (χ3v) is 5.76. The van der Waals surface area contributed by atoms with E-state index in [1.165, 1.54) is 0 Å². The van der Waals surface area contributed by atoms with Gasteiger partial charge in [0.25, 0.3) is 0 Å². The first-order valence-electron chi connectivity index (χ1n) is 9.15. The Hall–Kier alpha value is -2.74. The predicted molar refractivity (Wildman–Crippen MR) is 104 cm³/mol. The second kappa shape index (κ2) is 8.30. The molecule has 140 valence electrons. The molecule has 1 fully saturated rings. The second-order valence-corrected chi connectivity index (χ2v) is 7.75. The molecule has 0 radical (unpaired) electrons. The van der Waals surface area contributed by atoms with Crippen LogP contribution in [-0.2, 0) is 6.54 Å². The molecule has 3 aromatic rings. The number of rotatable bonds is 5. The van der Waals surface area contributed by atoms with Crippen molar-refractivity contribution in [2.75, 3.05) is 0 Å². The van der Waals surface area contributed by atoms with Crippen LogP contribution in [0, 0.1) is 0 Å². The number of amides is 2. The van der Waals surface area contributed by atoms with Crippen molar-refractivity contribution in [3.63, 3.8) is 0 Å². The molecular weight excluding hydrogens is 360 g/mol. The number of nitrogens with one attached hydrogen (secondary N) is 2. The summed E-state index contributed by atoms with van der Waals surface area (Å²) < 4.78 is 2.03. The Morgan fingerprint density at radius 1 is 1.26 bits per heavy atom. The van der Waals surface area contributed by atoms with E-state index in [1.807, 2.05) is 34.5 Å². The summed E-state index contributed by atoms with van der Waals surface area (Å²) in [4.78, 5) is 21.4. The van der Waals surface area contributed by atoms with Gasteiger partial charge in [0, 0.05) is 28.9 Å². The maximum absolute atomic E-state index is 12.1. The molecule has 1 aliphatic rings. The molecule has 1 aliphatic carbocycles. The van der Waals surface area contributed by atoms with Gasteiger partial charge in [0.05, 0.1) is 24.5 Å². The molecule has 3 aromatic heterocycles. The minimum atomic E-state index is -0.0861. The summed E-state index contributed by atoms with van der Waals surface area (Å²) in [5, 5.41) is 12.6. The lowest BCUT2D eigenvalue weighted by Crippen LogP contribution is -2.43. The van der Waals surface area contributed by atoms with Gasteiger partial charge in [-0.3, -0.25) is 4.68 Å². The van der Waals surface area contributed by atoms with Crippen LogP contribution in [0.5, 0.6) is 0 Å². The zero-order valence-electron chi connectivity index (χ0n) is 14.9. The number of hydrogen-bond donors (Lipinski definition) is 2. The largest absolute Gasteiger partial charge is 0.335 e. The van der Waals surface area contributed by atoms with E-state index in [4.69, 9.17) is 0 Å². The highest BCUT2D eigenvalue weighted by atomic mass is 32.1. The van der Waals surface area contributed by atoms with E-state index >= 15 is 0 Å². The monoisotopic (exact) mass is 382 g/mol. The molecule has 4 rings (SSSR count). The van der Waals surface area contributed by atoms with Gasteiger partial charge in [-0.05, 0) is 43.2 Å². The standard InChI is InChI=1S/C19H22N6OS/c26-19(21-11-17-2-1-9-27-17)24-15-3-5-16(6-4-15)25-12-14(10-23-25)18-7-8-20-13-22-18/h1-2,7-10,12-13,15-16H,3-6,11H2,(H2,21,24,26). The maximum Gasteiger partial charge on any atom is 0.315 e. The van der Waals surface area contributed by atoms with E-state index in [0.29, 0.717) is 12.6 Å². The zero-order valence-corrected chi connectivity index (χ0v) is 15.7. The molecule has 0 spiro atoms. The van der Waals surface area contributed by atoms with Gasteiger partial charge in [0.1, 0.15) is 6.33 Å².